The minimum atomic E-state index is 0.373. The smallest absolute Gasteiger partial charge is 0.0798 e. The summed E-state index contributed by atoms with van der Waals surface area (Å²) in [6, 6.07) is 0.373. The van der Waals surface area contributed by atoms with Crippen molar-refractivity contribution in [3.63, 3.8) is 0 Å². The molecule has 2 N–H and O–H groups in total. The predicted molar refractivity (Wildman–Crippen MR) is 82.3 cm³/mol. The molecule has 1 heterocycles. The van der Waals surface area contributed by atoms with Gasteiger partial charge >= 0.3 is 0 Å². The molecule has 4 heteroatoms. The Labute approximate surface area is 121 Å². The molecule has 3 nitrogen and oxygen atoms in total. The zero-order valence-electron chi connectivity index (χ0n) is 12.6. The number of nitrogens with zero attached hydrogens (tertiary/aromatic N) is 2. The van der Waals surface area contributed by atoms with Crippen LogP contribution in [-0.2, 0) is 6.54 Å². The molecule has 1 saturated carbocycles. The number of hydrogen-bond donors (Lipinski definition) is 1. The molecule has 2 rings (SSSR count). The highest BCUT2D eigenvalue weighted by molar-refractivity contribution is 7.09. The van der Waals surface area contributed by atoms with Crippen LogP contribution in [0, 0.1) is 18.3 Å². The van der Waals surface area contributed by atoms with Gasteiger partial charge in [0.2, 0.25) is 0 Å². The number of rotatable bonds is 4. The molecular formula is C15H27N3S. The number of thiazole rings is 1. The van der Waals surface area contributed by atoms with E-state index >= 15 is 0 Å². The van der Waals surface area contributed by atoms with Gasteiger partial charge in [0.05, 0.1) is 11.2 Å². The molecule has 0 amide bonds. The first kappa shape index (κ1) is 14.9. The van der Waals surface area contributed by atoms with Crippen molar-refractivity contribution in [3.05, 3.63) is 16.1 Å². The van der Waals surface area contributed by atoms with Gasteiger partial charge in [-0.15, -0.1) is 11.3 Å². The van der Waals surface area contributed by atoms with Crippen LogP contribution in [0.2, 0.25) is 0 Å². The fourth-order valence-electron chi connectivity index (χ4n) is 3.14. The van der Waals surface area contributed by atoms with Gasteiger partial charge in [-0.1, -0.05) is 13.8 Å². The summed E-state index contributed by atoms with van der Waals surface area (Å²) < 4.78 is 0. The summed E-state index contributed by atoms with van der Waals surface area (Å²) in [6.07, 6.45) is 3.69. The maximum Gasteiger partial charge on any atom is 0.0798 e. The quantitative estimate of drug-likeness (QED) is 0.922. The molecule has 0 spiro atoms. The molecule has 0 saturated heterocycles. The molecule has 2 atom stereocenters. The first-order valence-corrected chi connectivity index (χ1v) is 8.08. The van der Waals surface area contributed by atoms with Crippen LogP contribution in [0.3, 0.4) is 0 Å². The lowest BCUT2D eigenvalue weighted by Crippen LogP contribution is -2.44. The Morgan fingerprint density at radius 3 is 2.89 bits per heavy atom. The Hall–Kier alpha value is -0.450. The van der Waals surface area contributed by atoms with E-state index in [9.17, 15) is 0 Å². The van der Waals surface area contributed by atoms with Crippen molar-refractivity contribution < 1.29 is 0 Å². The minimum Gasteiger partial charge on any atom is -0.327 e. The van der Waals surface area contributed by atoms with E-state index in [1.807, 2.05) is 5.51 Å². The third-order valence-corrected chi connectivity index (χ3v) is 5.30. The molecule has 1 fully saturated rings. The molecule has 19 heavy (non-hydrogen) atoms. The number of hydrogen-bond acceptors (Lipinski definition) is 4. The number of nitrogens with two attached hydrogens (primary N) is 1. The molecule has 0 bridgehead atoms. The molecule has 0 aromatic carbocycles. The van der Waals surface area contributed by atoms with E-state index in [0.29, 0.717) is 17.4 Å². The Morgan fingerprint density at radius 2 is 2.26 bits per heavy atom. The van der Waals surface area contributed by atoms with Crippen molar-refractivity contribution in [2.45, 2.75) is 52.6 Å². The van der Waals surface area contributed by atoms with Crippen molar-refractivity contribution in [2.24, 2.45) is 17.1 Å². The van der Waals surface area contributed by atoms with Crippen LogP contribution in [0.15, 0.2) is 5.51 Å². The van der Waals surface area contributed by atoms with Crippen molar-refractivity contribution in [3.8, 4) is 0 Å². The van der Waals surface area contributed by atoms with Crippen LogP contribution >= 0.6 is 11.3 Å². The van der Waals surface area contributed by atoms with Crippen LogP contribution in [0.5, 0.6) is 0 Å². The Balaban J connectivity index is 1.90. The van der Waals surface area contributed by atoms with Gasteiger partial charge in [0, 0.05) is 24.0 Å². The van der Waals surface area contributed by atoms with Crippen molar-refractivity contribution >= 4 is 11.3 Å². The highest BCUT2D eigenvalue weighted by atomic mass is 32.1. The highest BCUT2D eigenvalue weighted by Crippen LogP contribution is 2.38. The molecule has 2 unspecified atom stereocenters. The lowest BCUT2D eigenvalue weighted by molar-refractivity contribution is 0.123. The summed E-state index contributed by atoms with van der Waals surface area (Å²) in [7, 11) is 2.20. The maximum atomic E-state index is 6.32. The lowest BCUT2D eigenvalue weighted by atomic mass is 9.70. The number of aromatic nitrogens is 1. The maximum absolute atomic E-state index is 6.32. The SMILES string of the molecule is Cc1ncsc1CN(C)CC1CC(C)(C)CCC1N. The van der Waals surface area contributed by atoms with Gasteiger partial charge in [-0.25, -0.2) is 4.98 Å². The Bertz CT molecular complexity index is 413. The monoisotopic (exact) mass is 281 g/mol. The summed E-state index contributed by atoms with van der Waals surface area (Å²) in [5, 5.41) is 0. The minimum absolute atomic E-state index is 0.373. The van der Waals surface area contributed by atoms with Gasteiger partial charge in [0.1, 0.15) is 0 Å². The normalized spacial score (nSPS) is 26.8. The second-order valence-corrected chi connectivity index (χ2v) is 7.83. The fraction of sp³-hybridized carbons (Fsp3) is 0.800. The first-order valence-electron chi connectivity index (χ1n) is 7.20. The summed E-state index contributed by atoms with van der Waals surface area (Å²) in [5.74, 6) is 0.627. The average molecular weight is 281 g/mol. The van der Waals surface area contributed by atoms with E-state index in [1.54, 1.807) is 11.3 Å². The topological polar surface area (TPSA) is 42.2 Å². The van der Waals surface area contributed by atoms with E-state index in [-0.39, 0.29) is 0 Å². The van der Waals surface area contributed by atoms with E-state index in [1.165, 1.54) is 29.8 Å². The molecular weight excluding hydrogens is 254 g/mol. The van der Waals surface area contributed by atoms with Gasteiger partial charge in [0.15, 0.2) is 0 Å². The van der Waals surface area contributed by atoms with Gasteiger partial charge in [-0.05, 0) is 44.6 Å². The average Bonchev–Trinajstić information content (AvgIpc) is 2.69. The zero-order valence-corrected chi connectivity index (χ0v) is 13.5. The van der Waals surface area contributed by atoms with E-state index in [0.717, 1.165) is 13.1 Å². The van der Waals surface area contributed by atoms with E-state index in [2.05, 4.69) is 37.7 Å². The third kappa shape index (κ3) is 4.01. The molecule has 1 aromatic heterocycles. The third-order valence-electron chi connectivity index (χ3n) is 4.38. The van der Waals surface area contributed by atoms with Crippen LogP contribution in [0.1, 0.15) is 43.7 Å². The Morgan fingerprint density at radius 1 is 1.53 bits per heavy atom. The van der Waals surface area contributed by atoms with Gasteiger partial charge < -0.3 is 10.6 Å². The largest absolute Gasteiger partial charge is 0.327 e. The van der Waals surface area contributed by atoms with Crippen LogP contribution < -0.4 is 5.73 Å². The Kier molecular flexibility index (Phi) is 4.64. The lowest BCUT2D eigenvalue weighted by Gasteiger charge is -2.40. The molecule has 0 aliphatic heterocycles. The van der Waals surface area contributed by atoms with E-state index in [4.69, 9.17) is 5.73 Å². The molecule has 0 radical (unpaired) electrons. The standard InChI is InChI=1S/C15H27N3S/c1-11-14(19-10-17-11)9-18(4)8-12-7-15(2,3)6-5-13(12)16/h10,12-13H,5-9,16H2,1-4H3. The van der Waals surface area contributed by atoms with Crippen molar-refractivity contribution in [1.29, 1.82) is 0 Å². The number of aryl methyl sites for hydroxylation is 1. The molecule has 1 aliphatic carbocycles. The fourth-order valence-corrected chi connectivity index (χ4v) is 4.00. The summed E-state index contributed by atoms with van der Waals surface area (Å²) in [6.45, 7) is 8.94. The van der Waals surface area contributed by atoms with Gasteiger partial charge in [-0.2, -0.15) is 0 Å². The van der Waals surface area contributed by atoms with Gasteiger partial charge in [0.25, 0.3) is 0 Å². The summed E-state index contributed by atoms with van der Waals surface area (Å²) >= 11 is 1.76. The highest BCUT2D eigenvalue weighted by Gasteiger charge is 2.33. The second kappa shape index (κ2) is 5.90. The van der Waals surface area contributed by atoms with Crippen LogP contribution in [-0.4, -0.2) is 29.5 Å². The van der Waals surface area contributed by atoms with Crippen LogP contribution in [0.4, 0.5) is 0 Å². The zero-order chi connectivity index (χ0) is 14.0. The van der Waals surface area contributed by atoms with E-state index < -0.39 is 0 Å². The second-order valence-electron chi connectivity index (χ2n) is 6.89. The predicted octanol–water partition coefficient (Wildman–Crippen LogP) is 3.04. The first-order chi connectivity index (χ1) is 8.87. The van der Waals surface area contributed by atoms with Gasteiger partial charge in [-0.3, -0.25) is 0 Å². The molecule has 1 aliphatic rings. The van der Waals surface area contributed by atoms with Crippen molar-refractivity contribution in [1.82, 2.24) is 9.88 Å². The molecule has 1 aromatic rings. The summed E-state index contributed by atoms with van der Waals surface area (Å²) in [5.41, 5.74) is 9.89. The van der Waals surface area contributed by atoms with Crippen molar-refractivity contribution in [2.75, 3.05) is 13.6 Å². The van der Waals surface area contributed by atoms with Crippen LogP contribution in [0.25, 0.3) is 0 Å². The molecule has 108 valence electrons. The summed E-state index contributed by atoms with van der Waals surface area (Å²) in [4.78, 5) is 8.11.